The third-order valence-corrected chi connectivity index (χ3v) is 6.00. The zero-order chi connectivity index (χ0) is 19.8. The average molecular weight is 439 g/mol. The number of rotatable bonds is 4. The number of para-hydroxylation sites is 1. The number of pyridine rings is 1. The molecule has 1 amide bonds. The van der Waals surface area contributed by atoms with E-state index >= 15 is 0 Å². The van der Waals surface area contributed by atoms with Crippen LogP contribution in [0.25, 0.3) is 10.9 Å². The molecule has 3 aromatic rings. The Labute approximate surface area is 172 Å². The van der Waals surface area contributed by atoms with Crippen LogP contribution in [0.5, 0.6) is 0 Å². The first kappa shape index (κ1) is 18.9. The largest absolute Gasteiger partial charge is 0.346 e. The lowest BCUT2D eigenvalue weighted by Gasteiger charge is -2.21. The smallest absolute Gasteiger partial charge is 0.261 e. The molecule has 0 fully saturated rings. The maximum absolute atomic E-state index is 13.1. The van der Waals surface area contributed by atoms with Crippen molar-refractivity contribution in [2.24, 2.45) is 0 Å². The van der Waals surface area contributed by atoms with E-state index in [9.17, 15) is 9.59 Å². The summed E-state index contributed by atoms with van der Waals surface area (Å²) in [6, 6.07) is 9.86. The van der Waals surface area contributed by atoms with E-state index in [4.69, 9.17) is 0 Å². The molecule has 1 aromatic heterocycles. The Hall–Kier alpha value is -2.40. The van der Waals surface area contributed by atoms with Crippen LogP contribution in [0.15, 0.2) is 45.8 Å². The molecular weight excluding hydrogens is 416 g/mol. The van der Waals surface area contributed by atoms with Crippen LogP contribution in [0.1, 0.15) is 47.3 Å². The Bertz CT molecular complexity index is 1120. The van der Waals surface area contributed by atoms with Crippen LogP contribution in [0, 0.1) is 0 Å². The van der Waals surface area contributed by atoms with Gasteiger partial charge >= 0.3 is 0 Å². The normalized spacial score (nSPS) is 13.0. The summed E-state index contributed by atoms with van der Waals surface area (Å²) >= 11 is 3.54. The molecule has 4 rings (SSSR count). The van der Waals surface area contributed by atoms with Crippen LogP contribution in [0.4, 0.5) is 5.69 Å². The molecule has 0 radical (unpaired) electrons. The highest BCUT2D eigenvalue weighted by molar-refractivity contribution is 9.10. The van der Waals surface area contributed by atoms with Gasteiger partial charge in [-0.25, -0.2) is 0 Å². The molecule has 4 nitrogen and oxygen atoms in total. The topological polar surface area (TPSA) is 51.1 Å². The third-order valence-electron chi connectivity index (χ3n) is 5.54. The highest BCUT2D eigenvalue weighted by Crippen LogP contribution is 2.28. The number of aromatic nitrogens is 1. The summed E-state index contributed by atoms with van der Waals surface area (Å²) in [6.07, 6.45) is 5.32. The fourth-order valence-electron chi connectivity index (χ4n) is 4.14. The predicted octanol–water partition coefficient (Wildman–Crippen LogP) is 5.09. The minimum Gasteiger partial charge on any atom is -0.346 e. The van der Waals surface area contributed by atoms with Gasteiger partial charge in [0.2, 0.25) is 5.43 Å². The number of benzene rings is 2. The number of amides is 1. The Balaban J connectivity index is 1.82. The van der Waals surface area contributed by atoms with Crippen molar-refractivity contribution in [2.45, 2.75) is 46.1 Å². The summed E-state index contributed by atoms with van der Waals surface area (Å²) in [5.41, 5.74) is 5.11. The van der Waals surface area contributed by atoms with Crippen LogP contribution < -0.4 is 10.7 Å². The molecule has 2 heterocycles. The van der Waals surface area contributed by atoms with Gasteiger partial charge in [-0.3, -0.25) is 9.59 Å². The van der Waals surface area contributed by atoms with Gasteiger partial charge in [0.15, 0.2) is 0 Å². The van der Waals surface area contributed by atoms with Gasteiger partial charge in [0, 0.05) is 28.3 Å². The number of hydrogen-bond acceptors (Lipinski definition) is 2. The first-order valence-electron chi connectivity index (χ1n) is 9.81. The summed E-state index contributed by atoms with van der Waals surface area (Å²) in [5, 5.41) is 3.67. The van der Waals surface area contributed by atoms with E-state index in [-0.39, 0.29) is 16.9 Å². The highest BCUT2D eigenvalue weighted by Gasteiger charge is 2.21. The Morgan fingerprint density at radius 3 is 2.57 bits per heavy atom. The van der Waals surface area contributed by atoms with Crippen molar-refractivity contribution in [3.05, 3.63) is 73.5 Å². The second-order valence-corrected chi connectivity index (χ2v) is 8.16. The number of carbonyl (C=O) groups is 1. The van der Waals surface area contributed by atoms with E-state index in [1.807, 2.05) is 24.3 Å². The van der Waals surface area contributed by atoms with Crippen molar-refractivity contribution >= 4 is 38.4 Å². The lowest BCUT2D eigenvalue weighted by molar-refractivity contribution is 0.102. The van der Waals surface area contributed by atoms with Crippen LogP contribution >= 0.6 is 15.9 Å². The summed E-state index contributed by atoms with van der Waals surface area (Å²) in [4.78, 5) is 26.2. The van der Waals surface area contributed by atoms with Crippen molar-refractivity contribution in [3.63, 3.8) is 0 Å². The van der Waals surface area contributed by atoms with Gasteiger partial charge in [-0.2, -0.15) is 0 Å². The quantitative estimate of drug-likeness (QED) is 0.616. The highest BCUT2D eigenvalue weighted by atomic mass is 79.9. The van der Waals surface area contributed by atoms with E-state index in [1.54, 1.807) is 6.20 Å². The standard InChI is InChI=1S/C23H23BrN2O2/c1-3-14-11-17(24)12-15(4-2)20(14)25-23(28)19-13-26-10-6-8-16-7-5-9-18(21(16)26)22(19)27/h5,7,9,11-13H,3-4,6,8,10H2,1-2H3,(H,25,28). The van der Waals surface area contributed by atoms with E-state index in [1.165, 1.54) is 5.56 Å². The Kier molecular flexibility index (Phi) is 5.11. The molecule has 2 aromatic carbocycles. The first-order chi connectivity index (χ1) is 13.5. The molecule has 0 saturated carbocycles. The van der Waals surface area contributed by atoms with Crippen LogP contribution in [0.3, 0.4) is 0 Å². The summed E-state index contributed by atoms with van der Waals surface area (Å²) < 4.78 is 3.06. The number of carbonyl (C=O) groups excluding carboxylic acids is 1. The molecule has 1 N–H and O–H groups in total. The second kappa shape index (κ2) is 7.55. The van der Waals surface area contributed by atoms with Crippen molar-refractivity contribution in [1.82, 2.24) is 4.57 Å². The molecule has 0 bridgehead atoms. The fourth-order valence-corrected chi connectivity index (χ4v) is 4.69. The molecule has 1 aliphatic rings. The maximum atomic E-state index is 13.1. The van der Waals surface area contributed by atoms with E-state index in [2.05, 4.69) is 45.7 Å². The summed E-state index contributed by atoms with van der Waals surface area (Å²) in [6.45, 7) is 4.95. The molecule has 0 unspecified atom stereocenters. The number of anilines is 1. The SMILES string of the molecule is CCc1cc(Br)cc(CC)c1NC(=O)c1cn2c3c(cccc3c1=O)CCC2. The lowest BCUT2D eigenvalue weighted by Crippen LogP contribution is -2.26. The molecule has 5 heteroatoms. The zero-order valence-electron chi connectivity index (χ0n) is 16.1. The number of nitrogens with zero attached hydrogens (tertiary/aromatic N) is 1. The molecule has 0 spiro atoms. The molecule has 0 aliphatic carbocycles. The molecule has 144 valence electrons. The van der Waals surface area contributed by atoms with Gasteiger partial charge in [0.05, 0.1) is 5.52 Å². The monoisotopic (exact) mass is 438 g/mol. The fraction of sp³-hybridized carbons (Fsp3) is 0.304. The average Bonchev–Trinajstić information content (AvgIpc) is 2.71. The van der Waals surface area contributed by atoms with E-state index < -0.39 is 0 Å². The van der Waals surface area contributed by atoms with Gasteiger partial charge in [-0.1, -0.05) is 41.9 Å². The number of hydrogen-bond donors (Lipinski definition) is 1. The Morgan fingerprint density at radius 2 is 1.89 bits per heavy atom. The third kappa shape index (κ3) is 3.18. The molecular formula is C23H23BrN2O2. The van der Waals surface area contributed by atoms with Gasteiger partial charge in [0.25, 0.3) is 5.91 Å². The van der Waals surface area contributed by atoms with Crippen LogP contribution in [0.2, 0.25) is 0 Å². The second-order valence-electron chi connectivity index (χ2n) is 7.24. The van der Waals surface area contributed by atoms with Crippen molar-refractivity contribution < 1.29 is 4.79 Å². The maximum Gasteiger partial charge on any atom is 0.261 e. The Morgan fingerprint density at radius 1 is 1.18 bits per heavy atom. The van der Waals surface area contributed by atoms with Crippen molar-refractivity contribution in [3.8, 4) is 0 Å². The summed E-state index contributed by atoms with van der Waals surface area (Å²) in [5.74, 6) is -0.335. The number of halogens is 1. The van der Waals surface area contributed by atoms with E-state index in [0.717, 1.165) is 59.0 Å². The molecule has 0 saturated heterocycles. The van der Waals surface area contributed by atoms with Gasteiger partial charge in [-0.05, 0) is 60.6 Å². The number of aryl methyl sites for hydroxylation is 4. The van der Waals surface area contributed by atoms with E-state index in [0.29, 0.717) is 5.39 Å². The molecule has 0 atom stereocenters. The first-order valence-corrected chi connectivity index (χ1v) is 10.6. The van der Waals surface area contributed by atoms with Gasteiger partial charge in [-0.15, -0.1) is 0 Å². The van der Waals surface area contributed by atoms with Gasteiger partial charge < -0.3 is 9.88 Å². The van der Waals surface area contributed by atoms with Crippen molar-refractivity contribution in [1.29, 1.82) is 0 Å². The minimum absolute atomic E-state index is 0.194. The molecule has 28 heavy (non-hydrogen) atoms. The van der Waals surface area contributed by atoms with Crippen LogP contribution in [-0.4, -0.2) is 10.5 Å². The van der Waals surface area contributed by atoms with Crippen LogP contribution in [-0.2, 0) is 25.8 Å². The summed E-state index contributed by atoms with van der Waals surface area (Å²) in [7, 11) is 0. The minimum atomic E-state index is -0.335. The van der Waals surface area contributed by atoms with Gasteiger partial charge in [0.1, 0.15) is 5.56 Å². The lowest BCUT2D eigenvalue weighted by atomic mass is 9.99. The predicted molar refractivity (Wildman–Crippen MR) is 117 cm³/mol. The zero-order valence-corrected chi connectivity index (χ0v) is 17.7. The molecule has 1 aliphatic heterocycles. The number of nitrogens with one attached hydrogen (secondary N) is 1. The van der Waals surface area contributed by atoms with Crippen molar-refractivity contribution in [2.75, 3.05) is 5.32 Å².